The molecule has 3 aromatic rings. The quantitative estimate of drug-likeness (QED) is 0.542. The number of carbonyl (C=O) groups excluding carboxylic acids is 2. The molecule has 0 aliphatic heterocycles. The first kappa shape index (κ1) is 22.2. The summed E-state index contributed by atoms with van der Waals surface area (Å²) in [6.45, 7) is 4.96. The molecule has 3 rings (SSSR count). The van der Waals surface area contributed by atoms with Gasteiger partial charge in [-0.2, -0.15) is 0 Å². The number of carbonyl (C=O) groups is 2. The minimum absolute atomic E-state index is 0.0853. The topological polar surface area (TPSA) is 71.8 Å². The maximum atomic E-state index is 13.1. The molecule has 0 unspecified atom stereocenters. The van der Waals surface area contributed by atoms with E-state index in [2.05, 4.69) is 43.4 Å². The summed E-state index contributed by atoms with van der Waals surface area (Å²) in [5, 5.41) is 2.72. The summed E-state index contributed by atoms with van der Waals surface area (Å²) < 4.78 is 10.3. The highest BCUT2D eigenvalue weighted by Gasteiger charge is 2.17. The third-order valence-corrected chi connectivity index (χ3v) is 5.04. The van der Waals surface area contributed by atoms with Crippen LogP contribution in [0.15, 0.2) is 71.3 Å². The van der Waals surface area contributed by atoms with Gasteiger partial charge in [0.1, 0.15) is 5.75 Å². The van der Waals surface area contributed by atoms with E-state index in [1.54, 1.807) is 24.1 Å². The number of nitrogens with zero attached hydrogens (tertiary/aromatic N) is 1. The predicted octanol–water partition coefficient (Wildman–Crippen LogP) is 4.76. The number of anilines is 1. The van der Waals surface area contributed by atoms with E-state index in [0.29, 0.717) is 12.5 Å². The van der Waals surface area contributed by atoms with Crippen LogP contribution in [0.4, 0.5) is 5.69 Å². The van der Waals surface area contributed by atoms with Gasteiger partial charge in [-0.3, -0.25) is 9.59 Å². The molecule has 0 radical (unpaired) electrons. The van der Waals surface area contributed by atoms with Crippen LogP contribution in [0.1, 0.15) is 47.9 Å². The molecule has 0 bridgehead atoms. The van der Waals surface area contributed by atoms with Gasteiger partial charge >= 0.3 is 0 Å². The fraction of sp³-hybridized carbons (Fsp3) is 0.280. The zero-order valence-corrected chi connectivity index (χ0v) is 18.1. The number of nitrogens with one attached hydrogen (secondary N) is 1. The van der Waals surface area contributed by atoms with Crippen LogP contribution in [-0.2, 0) is 11.3 Å². The Morgan fingerprint density at radius 3 is 2.32 bits per heavy atom. The third-order valence-electron chi connectivity index (χ3n) is 5.04. The lowest BCUT2D eigenvalue weighted by atomic mass is 10.0. The number of rotatable bonds is 9. The van der Waals surface area contributed by atoms with Crippen molar-refractivity contribution in [1.82, 2.24) is 5.32 Å². The van der Waals surface area contributed by atoms with Gasteiger partial charge in [-0.05, 0) is 53.4 Å². The lowest BCUT2D eigenvalue weighted by Gasteiger charge is -2.24. The summed E-state index contributed by atoms with van der Waals surface area (Å²) in [4.78, 5) is 26.8. The lowest BCUT2D eigenvalue weighted by Crippen LogP contribution is -2.34. The van der Waals surface area contributed by atoms with Crippen molar-refractivity contribution in [2.75, 3.05) is 18.6 Å². The summed E-state index contributed by atoms with van der Waals surface area (Å²) in [5.41, 5.74) is 3.07. The van der Waals surface area contributed by atoms with Crippen molar-refractivity contribution in [1.29, 1.82) is 0 Å². The first-order valence-electron chi connectivity index (χ1n) is 10.3. The second-order valence-corrected chi connectivity index (χ2v) is 7.56. The highest BCUT2D eigenvalue weighted by atomic mass is 16.5. The van der Waals surface area contributed by atoms with Crippen LogP contribution >= 0.6 is 0 Å². The summed E-state index contributed by atoms with van der Waals surface area (Å²) in [7, 11) is 1.61. The lowest BCUT2D eigenvalue weighted by molar-refractivity contribution is -0.118. The van der Waals surface area contributed by atoms with Crippen molar-refractivity contribution in [2.45, 2.75) is 32.7 Å². The van der Waals surface area contributed by atoms with E-state index in [-0.39, 0.29) is 30.5 Å². The van der Waals surface area contributed by atoms with E-state index in [1.165, 1.54) is 11.8 Å². The van der Waals surface area contributed by atoms with Gasteiger partial charge in [0.05, 0.1) is 19.9 Å². The Labute approximate surface area is 182 Å². The Hall–Kier alpha value is -3.54. The molecular weight excluding hydrogens is 392 g/mol. The Bertz CT molecular complexity index is 977. The van der Waals surface area contributed by atoms with Gasteiger partial charge in [0, 0.05) is 18.7 Å². The number of benzene rings is 2. The van der Waals surface area contributed by atoms with Gasteiger partial charge in [0.15, 0.2) is 5.76 Å². The van der Waals surface area contributed by atoms with E-state index >= 15 is 0 Å². The van der Waals surface area contributed by atoms with Gasteiger partial charge in [-0.15, -0.1) is 0 Å². The summed E-state index contributed by atoms with van der Waals surface area (Å²) in [6, 6.07) is 18.9. The van der Waals surface area contributed by atoms with Crippen LogP contribution in [0.3, 0.4) is 0 Å². The molecule has 0 spiro atoms. The maximum Gasteiger partial charge on any atom is 0.286 e. The number of amides is 2. The molecule has 1 heterocycles. The highest BCUT2D eigenvalue weighted by molar-refractivity contribution is 5.95. The van der Waals surface area contributed by atoms with Crippen LogP contribution in [0.25, 0.3) is 0 Å². The minimum atomic E-state index is -0.335. The number of hydrogen-bond donors (Lipinski definition) is 1. The molecule has 0 atom stereocenters. The Balaban J connectivity index is 1.71. The second-order valence-electron chi connectivity index (χ2n) is 7.56. The van der Waals surface area contributed by atoms with Gasteiger partial charge in [-0.25, -0.2) is 0 Å². The average Bonchev–Trinajstić information content (AvgIpc) is 3.33. The number of hydrogen-bond acceptors (Lipinski definition) is 4. The molecule has 0 aliphatic carbocycles. The van der Waals surface area contributed by atoms with E-state index in [9.17, 15) is 9.59 Å². The van der Waals surface area contributed by atoms with Crippen molar-refractivity contribution in [3.8, 4) is 5.75 Å². The van der Waals surface area contributed by atoms with Gasteiger partial charge in [0.2, 0.25) is 5.91 Å². The van der Waals surface area contributed by atoms with E-state index < -0.39 is 0 Å². The first-order valence-corrected chi connectivity index (χ1v) is 10.3. The van der Waals surface area contributed by atoms with Crippen LogP contribution in [0, 0.1) is 0 Å². The van der Waals surface area contributed by atoms with Crippen LogP contribution < -0.4 is 15.0 Å². The van der Waals surface area contributed by atoms with Gasteiger partial charge in [0.25, 0.3) is 5.91 Å². The van der Waals surface area contributed by atoms with Crippen molar-refractivity contribution < 1.29 is 18.7 Å². The fourth-order valence-corrected chi connectivity index (χ4v) is 3.19. The van der Waals surface area contributed by atoms with Crippen LogP contribution in [0.2, 0.25) is 0 Å². The molecule has 1 aromatic heterocycles. The van der Waals surface area contributed by atoms with Crippen molar-refractivity contribution >= 4 is 17.5 Å². The summed E-state index contributed by atoms with van der Waals surface area (Å²) in [6.07, 6.45) is 1.61. The van der Waals surface area contributed by atoms with E-state index in [4.69, 9.17) is 9.15 Å². The highest BCUT2D eigenvalue weighted by Crippen LogP contribution is 2.23. The van der Waals surface area contributed by atoms with E-state index in [1.807, 2.05) is 24.3 Å². The number of ether oxygens (including phenoxy) is 1. The standard InChI is InChI=1S/C25H28N2O4/c1-18(2)20-8-6-19(7-9-20)17-27(21-10-12-22(30-3)13-11-21)24(28)14-15-26-25(29)23-5-4-16-31-23/h4-13,16,18H,14-15,17H2,1-3H3,(H,26,29). The molecule has 2 aromatic carbocycles. The van der Waals surface area contributed by atoms with Crippen molar-refractivity contribution in [3.63, 3.8) is 0 Å². The molecule has 6 heteroatoms. The Morgan fingerprint density at radius 1 is 1.03 bits per heavy atom. The average molecular weight is 421 g/mol. The Morgan fingerprint density at radius 2 is 1.74 bits per heavy atom. The fourth-order valence-electron chi connectivity index (χ4n) is 3.19. The molecule has 6 nitrogen and oxygen atoms in total. The van der Waals surface area contributed by atoms with E-state index in [0.717, 1.165) is 17.0 Å². The van der Waals surface area contributed by atoms with Crippen molar-refractivity contribution in [2.24, 2.45) is 0 Å². The third kappa shape index (κ3) is 5.98. The first-order chi connectivity index (χ1) is 15.0. The molecular formula is C25H28N2O4. The predicted molar refractivity (Wildman–Crippen MR) is 120 cm³/mol. The van der Waals surface area contributed by atoms with Crippen LogP contribution in [-0.4, -0.2) is 25.5 Å². The molecule has 0 aliphatic rings. The molecule has 31 heavy (non-hydrogen) atoms. The molecule has 2 amide bonds. The van der Waals surface area contributed by atoms with Crippen molar-refractivity contribution in [3.05, 3.63) is 83.8 Å². The normalized spacial score (nSPS) is 10.7. The SMILES string of the molecule is COc1ccc(N(Cc2ccc(C(C)C)cc2)C(=O)CCNC(=O)c2ccco2)cc1. The number of methoxy groups -OCH3 is 1. The smallest absolute Gasteiger partial charge is 0.286 e. The molecule has 0 saturated carbocycles. The maximum absolute atomic E-state index is 13.1. The second kappa shape index (κ2) is 10.5. The number of furan rings is 1. The molecule has 162 valence electrons. The van der Waals surface area contributed by atoms with Gasteiger partial charge < -0.3 is 19.4 Å². The molecule has 0 fully saturated rings. The zero-order valence-electron chi connectivity index (χ0n) is 18.1. The monoisotopic (exact) mass is 420 g/mol. The summed E-state index contributed by atoms with van der Waals surface area (Å²) >= 11 is 0. The van der Waals surface area contributed by atoms with Gasteiger partial charge in [-0.1, -0.05) is 38.1 Å². The minimum Gasteiger partial charge on any atom is -0.497 e. The van der Waals surface area contributed by atoms with Crippen LogP contribution in [0.5, 0.6) is 5.75 Å². The zero-order chi connectivity index (χ0) is 22.2. The largest absolute Gasteiger partial charge is 0.497 e. The molecule has 0 saturated heterocycles. The summed E-state index contributed by atoms with van der Waals surface area (Å²) in [5.74, 6) is 0.981. The molecule has 1 N–H and O–H groups in total. The Kier molecular flexibility index (Phi) is 7.49.